The molecule has 0 spiro atoms. The maximum absolute atomic E-state index is 12.9. The van der Waals surface area contributed by atoms with Crippen molar-refractivity contribution in [2.24, 2.45) is 0 Å². The third kappa shape index (κ3) is 3.62. The van der Waals surface area contributed by atoms with Crippen molar-refractivity contribution in [2.75, 3.05) is 23.3 Å². The Morgan fingerprint density at radius 2 is 2.04 bits per heavy atom. The first-order chi connectivity index (χ1) is 12.5. The van der Waals surface area contributed by atoms with E-state index in [1.165, 1.54) is 15.9 Å². The van der Waals surface area contributed by atoms with Crippen LogP contribution in [0, 0.1) is 6.92 Å². The third-order valence-corrected chi connectivity index (χ3v) is 5.09. The number of aromatic nitrogens is 2. The second-order valence-electron chi connectivity index (χ2n) is 6.03. The number of thiophene rings is 1. The van der Waals surface area contributed by atoms with E-state index in [2.05, 4.69) is 10.3 Å². The molecule has 0 bridgehead atoms. The van der Waals surface area contributed by atoms with Crippen LogP contribution in [0.3, 0.4) is 0 Å². The lowest BCUT2D eigenvalue weighted by atomic mass is 10.2. The number of nitrogens with one attached hydrogen (secondary N) is 1. The van der Waals surface area contributed by atoms with Gasteiger partial charge in [0.05, 0.1) is 5.52 Å². The Balaban J connectivity index is 1.97. The number of aryl methyl sites for hydroxylation is 1. The smallest absolute Gasteiger partial charge is 0.273 e. The molecular weight excluding hydrogens is 348 g/mol. The highest BCUT2D eigenvalue weighted by Crippen LogP contribution is 2.19. The van der Waals surface area contributed by atoms with Crippen LogP contribution in [0.15, 0.2) is 40.5 Å². The standard InChI is InChI=1S/C19H22N4O2S/c1-4-22(5-2)19-21-15-9-10-26-17(15)18(25)23(19)12-16(24)20-14-8-6-7-13(3)11-14/h6-11H,4-5,12H2,1-3H3,(H,20,24). The van der Waals surface area contributed by atoms with Crippen molar-refractivity contribution in [3.05, 3.63) is 51.6 Å². The molecule has 6 nitrogen and oxygen atoms in total. The Morgan fingerprint density at radius 3 is 2.73 bits per heavy atom. The van der Waals surface area contributed by atoms with Crippen LogP contribution in [0.4, 0.5) is 11.6 Å². The highest BCUT2D eigenvalue weighted by Gasteiger charge is 2.18. The van der Waals surface area contributed by atoms with E-state index in [1.54, 1.807) is 0 Å². The summed E-state index contributed by atoms with van der Waals surface area (Å²) >= 11 is 1.35. The molecule has 2 heterocycles. The Labute approximate surface area is 156 Å². The molecule has 3 rings (SSSR count). The van der Waals surface area contributed by atoms with Crippen molar-refractivity contribution in [1.82, 2.24) is 9.55 Å². The first kappa shape index (κ1) is 18.1. The van der Waals surface area contributed by atoms with E-state index < -0.39 is 0 Å². The predicted molar refractivity (Wildman–Crippen MR) is 107 cm³/mol. The number of rotatable bonds is 6. The fourth-order valence-electron chi connectivity index (χ4n) is 2.89. The fourth-order valence-corrected chi connectivity index (χ4v) is 3.67. The largest absolute Gasteiger partial charge is 0.343 e. The number of benzene rings is 1. The molecule has 0 aliphatic rings. The van der Waals surface area contributed by atoms with Crippen LogP contribution in [0.5, 0.6) is 0 Å². The molecule has 0 unspecified atom stereocenters. The van der Waals surface area contributed by atoms with Gasteiger partial charge >= 0.3 is 0 Å². The summed E-state index contributed by atoms with van der Waals surface area (Å²) in [7, 11) is 0. The van der Waals surface area contributed by atoms with Crippen molar-refractivity contribution in [3.63, 3.8) is 0 Å². The van der Waals surface area contributed by atoms with Gasteiger partial charge in [-0.15, -0.1) is 11.3 Å². The van der Waals surface area contributed by atoms with Gasteiger partial charge in [0.1, 0.15) is 11.2 Å². The van der Waals surface area contributed by atoms with Crippen LogP contribution < -0.4 is 15.8 Å². The molecule has 1 aromatic carbocycles. The fraction of sp³-hybridized carbons (Fsp3) is 0.316. The van der Waals surface area contributed by atoms with Gasteiger partial charge in [0, 0.05) is 18.8 Å². The van der Waals surface area contributed by atoms with E-state index in [0.717, 1.165) is 11.3 Å². The number of amides is 1. The molecule has 0 saturated carbocycles. The summed E-state index contributed by atoms with van der Waals surface area (Å²) < 4.78 is 2.04. The average Bonchev–Trinajstić information content (AvgIpc) is 3.08. The van der Waals surface area contributed by atoms with Crippen molar-refractivity contribution in [1.29, 1.82) is 0 Å². The van der Waals surface area contributed by atoms with Crippen LogP contribution in [0.2, 0.25) is 0 Å². The predicted octanol–water partition coefficient (Wildman–Crippen LogP) is 3.25. The monoisotopic (exact) mass is 370 g/mol. The molecule has 26 heavy (non-hydrogen) atoms. The van der Waals surface area contributed by atoms with Gasteiger partial charge in [-0.1, -0.05) is 12.1 Å². The molecule has 0 fully saturated rings. The highest BCUT2D eigenvalue weighted by molar-refractivity contribution is 7.17. The molecule has 0 aliphatic heterocycles. The zero-order chi connectivity index (χ0) is 18.7. The minimum Gasteiger partial charge on any atom is -0.343 e. The Hall–Kier alpha value is -2.67. The number of carbonyl (C=O) groups is 1. The lowest BCUT2D eigenvalue weighted by Crippen LogP contribution is -2.35. The molecule has 2 aromatic heterocycles. The number of hydrogen-bond acceptors (Lipinski definition) is 5. The minimum atomic E-state index is -0.246. The topological polar surface area (TPSA) is 67.2 Å². The van der Waals surface area contributed by atoms with Gasteiger partial charge in [0.15, 0.2) is 0 Å². The lowest BCUT2D eigenvalue weighted by Gasteiger charge is -2.23. The molecule has 1 amide bonds. The molecule has 1 N–H and O–H groups in total. The highest BCUT2D eigenvalue weighted by atomic mass is 32.1. The first-order valence-corrected chi connectivity index (χ1v) is 9.51. The number of hydrogen-bond donors (Lipinski definition) is 1. The van der Waals surface area contributed by atoms with E-state index in [9.17, 15) is 9.59 Å². The molecule has 7 heteroatoms. The SMILES string of the molecule is CCN(CC)c1nc2ccsc2c(=O)n1CC(=O)Nc1cccc(C)c1. The van der Waals surface area contributed by atoms with Crippen molar-refractivity contribution in [2.45, 2.75) is 27.3 Å². The molecular formula is C19H22N4O2S. The number of nitrogens with zero attached hydrogens (tertiary/aromatic N) is 3. The zero-order valence-corrected chi connectivity index (χ0v) is 16.0. The molecule has 3 aromatic rings. The second kappa shape index (κ2) is 7.70. The second-order valence-corrected chi connectivity index (χ2v) is 6.94. The summed E-state index contributed by atoms with van der Waals surface area (Å²) in [6.07, 6.45) is 0. The Morgan fingerprint density at radius 1 is 1.27 bits per heavy atom. The summed E-state index contributed by atoms with van der Waals surface area (Å²) in [6.45, 7) is 7.32. The van der Waals surface area contributed by atoms with Crippen LogP contribution in [-0.2, 0) is 11.3 Å². The molecule has 0 aliphatic carbocycles. The Bertz CT molecular complexity index is 989. The minimum absolute atomic E-state index is 0.0700. The normalized spacial score (nSPS) is 10.9. The Kier molecular flexibility index (Phi) is 5.37. The van der Waals surface area contributed by atoms with Gasteiger partial charge in [-0.25, -0.2) is 4.98 Å². The molecule has 136 valence electrons. The van der Waals surface area contributed by atoms with Gasteiger partial charge < -0.3 is 10.2 Å². The summed E-state index contributed by atoms with van der Waals surface area (Å²) in [5.74, 6) is 0.286. The van der Waals surface area contributed by atoms with Crippen LogP contribution in [0.1, 0.15) is 19.4 Å². The molecule has 0 radical (unpaired) electrons. The van der Waals surface area contributed by atoms with Gasteiger partial charge in [-0.3, -0.25) is 14.2 Å². The first-order valence-electron chi connectivity index (χ1n) is 8.63. The van der Waals surface area contributed by atoms with Crippen molar-refractivity contribution >= 4 is 39.1 Å². The molecule has 0 atom stereocenters. The van der Waals surface area contributed by atoms with E-state index in [0.29, 0.717) is 29.3 Å². The van der Waals surface area contributed by atoms with Gasteiger partial charge in [0.25, 0.3) is 5.56 Å². The third-order valence-electron chi connectivity index (χ3n) is 4.20. The maximum atomic E-state index is 12.9. The van der Waals surface area contributed by atoms with Crippen molar-refractivity contribution in [3.8, 4) is 0 Å². The van der Waals surface area contributed by atoms with Crippen LogP contribution in [0.25, 0.3) is 10.2 Å². The molecule has 0 saturated heterocycles. The summed E-state index contributed by atoms with van der Waals surface area (Å²) in [5, 5.41) is 4.71. The van der Waals surface area contributed by atoms with Crippen LogP contribution >= 0.6 is 11.3 Å². The van der Waals surface area contributed by atoms with E-state index in [-0.39, 0.29) is 18.0 Å². The van der Waals surface area contributed by atoms with E-state index in [4.69, 9.17) is 0 Å². The zero-order valence-electron chi connectivity index (χ0n) is 15.2. The van der Waals surface area contributed by atoms with E-state index in [1.807, 2.05) is 61.4 Å². The maximum Gasteiger partial charge on any atom is 0.273 e. The lowest BCUT2D eigenvalue weighted by molar-refractivity contribution is -0.116. The summed E-state index contributed by atoms with van der Waals surface area (Å²) in [5.41, 5.74) is 2.28. The van der Waals surface area contributed by atoms with Gasteiger partial charge in [-0.05, 0) is 49.9 Å². The van der Waals surface area contributed by atoms with Crippen LogP contribution in [-0.4, -0.2) is 28.5 Å². The summed E-state index contributed by atoms with van der Waals surface area (Å²) in [4.78, 5) is 32.1. The average molecular weight is 370 g/mol. The van der Waals surface area contributed by atoms with Crippen molar-refractivity contribution < 1.29 is 4.79 Å². The number of carbonyl (C=O) groups excluding carboxylic acids is 1. The van der Waals surface area contributed by atoms with Gasteiger partial charge in [-0.2, -0.15) is 0 Å². The number of anilines is 2. The van der Waals surface area contributed by atoms with Gasteiger partial charge in [0.2, 0.25) is 11.9 Å². The summed E-state index contributed by atoms with van der Waals surface area (Å²) in [6, 6.07) is 9.42. The quantitative estimate of drug-likeness (QED) is 0.723. The number of fused-ring (bicyclic) bond motifs is 1. The van der Waals surface area contributed by atoms with E-state index >= 15 is 0 Å².